The van der Waals surface area contributed by atoms with Crippen LogP contribution in [0.3, 0.4) is 0 Å². The molecule has 2 N–H and O–H groups in total. The lowest BCUT2D eigenvalue weighted by molar-refractivity contribution is 0.188. The summed E-state index contributed by atoms with van der Waals surface area (Å²) in [6.45, 7) is 15.0. The van der Waals surface area contributed by atoms with Gasteiger partial charge in [0.25, 0.3) is 0 Å². The van der Waals surface area contributed by atoms with E-state index in [9.17, 15) is 0 Å². The SMILES string of the molecule is CCNC(=NCCC1CCN(CC)CC1)NCCc1nc(C)c(C)s1. The molecule has 5 nitrogen and oxygen atoms in total. The average molecular weight is 366 g/mol. The smallest absolute Gasteiger partial charge is 0.191 e. The Labute approximate surface area is 157 Å². The molecule has 0 amide bonds. The minimum absolute atomic E-state index is 0.843. The quantitative estimate of drug-likeness (QED) is 0.549. The largest absolute Gasteiger partial charge is 0.357 e. The number of piperidine rings is 1. The Kier molecular flexibility index (Phi) is 8.68. The molecule has 2 heterocycles. The number of hydrogen-bond acceptors (Lipinski definition) is 4. The number of likely N-dealkylation sites (tertiary alicyclic amines) is 1. The standard InChI is InChI=1S/C19H35N5S/c1-5-20-19(22-12-8-18-23-15(3)16(4)25-18)21-11-7-17-9-13-24(6-2)14-10-17/h17H,5-14H2,1-4H3,(H2,20,21,22). The van der Waals surface area contributed by atoms with Crippen LogP contribution in [0.25, 0.3) is 0 Å². The maximum atomic E-state index is 4.76. The summed E-state index contributed by atoms with van der Waals surface area (Å²) in [6.07, 6.45) is 4.82. The van der Waals surface area contributed by atoms with E-state index in [0.29, 0.717) is 0 Å². The van der Waals surface area contributed by atoms with E-state index in [-0.39, 0.29) is 0 Å². The van der Waals surface area contributed by atoms with Gasteiger partial charge in [0.2, 0.25) is 0 Å². The first kappa shape index (κ1) is 20.2. The van der Waals surface area contributed by atoms with Crippen LogP contribution in [0.2, 0.25) is 0 Å². The van der Waals surface area contributed by atoms with Gasteiger partial charge in [-0.1, -0.05) is 6.92 Å². The molecule has 0 aromatic carbocycles. The van der Waals surface area contributed by atoms with E-state index in [1.165, 1.54) is 48.8 Å². The molecule has 1 aromatic heterocycles. The van der Waals surface area contributed by atoms with Gasteiger partial charge in [0, 0.05) is 30.9 Å². The van der Waals surface area contributed by atoms with Crippen LogP contribution in [0.4, 0.5) is 0 Å². The van der Waals surface area contributed by atoms with Crippen LogP contribution in [0, 0.1) is 19.8 Å². The fourth-order valence-corrected chi connectivity index (χ4v) is 4.16. The van der Waals surface area contributed by atoms with Crippen molar-refractivity contribution in [3.05, 3.63) is 15.6 Å². The molecule has 0 atom stereocenters. The van der Waals surface area contributed by atoms with Gasteiger partial charge in [0.05, 0.1) is 10.7 Å². The first-order valence-corrected chi connectivity index (χ1v) is 10.6. The normalized spacial score (nSPS) is 17.0. The van der Waals surface area contributed by atoms with Crippen LogP contribution in [0.1, 0.15) is 48.7 Å². The summed E-state index contributed by atoms with van der Waals surface area (Å²) < 4.78 is 0. The van der Waals surface area contributed by atoms with Crippen LogP contribution in [-0.4, -0.2) is 55.1 Å². The molecule has 2 rings (SSSR count). The number of aromatic nitrogens is 1. The van der Waals surface area contributed by atoms with Crippen molar-refractivity contribution in [3.8, 4) is 0 Å². The fraction of sp³-hybridized carbons (Fsp3) is 0.789. The van der Waals surface area contributed by atoms with Gasteiger partial charge in [-0.2, -0.15) is 0 Å². The summed E-state index contributed by atoms with van der Waals surface area (Å²) in [4.78, 5) is 13.2. The Hall–Kier alpha value is -1.14. The summed E-state index contributed by atoms with van der Waals surface area (Å²) in [5.74, 6) is 1.79. The van der Waals surface area contributed by atoms with Gasteiger partial charge in [-0.15, -0.1) is 11.3 Å². The monoisotopic (exact) mass is 365 g/mol. The predicted molar refractivity (Wildman–Crippen MR) is 109 cm³/mol. The summed E-state index contributed by atoms with van der Waals surface area (Å²) in [5.41, 5.74) is 1.16. The Morgan fingerprint density at radius 1 is 1.24 bits per heavy atom. The lowest BCUT2D eigenvalue weighted by atomic mass is 9.94. The Bertz CT molecular complexity index is 512. The molecule has 0 aliphatic carbocycles. The molecular formula is C19H35N5S. The zero-order valence-electron chi connectivity index (χ0n) is 16.4. The van der Waals surface area contributed by atoms with Gasteiger partial charge < -0.3 is 15.5 Å². The number of hydrogen-bond donors (Lipinski definition) is 2. The summed E-state index contributed by atoms with van der Waals surface area (Å²) in [7, 11) is 0. The summed E-state index contributed by atoms with van der Waals surface area (Å²) in [6, 6.07) is 0. The Morgan fingerprint density at radius 2 is 2.00 bits per heavy atom. The molecule has 1 saturated heterocycles. The minimum atomic E-state index is 0.843. The molecule has 0 spiro atoms. The van der Waals surface area contributed by atoms with Crippen LogP contribution >= 0.6 is 11.3 Å². The maximum Gasteiger partial charge on any atom is 0.191 e. The lowest BCUT2D eigenvalue weighted by Gasteiger charge is -2.30. The van der Waals surface area contributed by atoms with E-state index in [1.807, 2.05) is 0 Å². The molecule has 0 radical (unpaired) electrons. The van der Waals surface area contributed by atoms with Gasteiger partial charge in [-0.3, -0.25) is 4.99 Å². The van der Waals surface area contributed by atoms with Gasteiger partial charge in [-0.25, -0.2) is 4.98 Å². The molecule has 0 saturated carbocycles. The van der Waals surface area contributed by atoms with Gasteiger partial charge in [0.15, 0.2) is 5.96 Å². The Balaban J connectivity index is 1.70. The van der Waals surface area contributed by atoms with Crippen LogP contribution < -0.4 is 10.6 Å². The molecule has 1 aliphatic heterocycles. The van der Waals surface area contributed by atoms with Crippen molar-refractivity contribution >= 4 is 17.3 Å². The first-order chi connectivity index (χ1) is 12.1. The molecule has 0 bridgehead atoms. The highest BCUT2D eigenvalue weighted by atomic mass is 32.1. The van der Waals surface area contributed by atoms with Crippen LogP contribution in [-0.2, 0) is 6.42 Å². The highest BCUT2D eigenvalue weighted by Gasteiger charge is 2.17. The third-order valence-electron chi connectivity index (χ3n) is 5.01. The zero-order chi connectivity index (χ0) is 18.1. The Morgan fingerprint density at radius 3 is 2.60 bits per heavy atom. The van der Waals surface area contributed by atoms with E-state index in [2.05, 4.69) is 48.2 Å². The topological polar surface area (TPSA) is 52.6 Å². The van der Waals surface area contributed by atoms with Crippen molar-refractivity contribution in [1.82, 2.24) is 20.5 Å². The van der Waals surface area contributed by atoms with Crippen molar-refractivity contribution in [2.45, 2.75) is 53.4 Å². The predicted octanol–water partition coefficient (Wildman–Crippen LogP) is 2.98. The number of aryl methyl sites for hydroxylation is 2. The lowest BCUT2D eigenvalue weighted by Crippen LogP contribution is -2.38. The van der Waals surface area contributed by atoms with E-state index in [0.717, 1.165) is 43.6 Å². The number of nitrogens with one attached hydrogen (secondary N) is 2. The van der Waals surface area contributed by atoms with Gasteiger partial charge in [-0.05, 0) is 65.6 Å². The van der Waals surface area contributed by atoms with Crippen molar-refractivity contribution in [3.63, 3.8) is 0 Å². The van der Waals surface area contributed by atoms with Gasteiger partial charge in [0.1, 0.15) is 0 Å². The van der Waals surface area contributed by atoms with Crippen molar-refractivity contribution < 1.29 is 0 Å². The van der Waals surface area contributed by atoms with Crippen molar-refractivity contribution in [2.75, 3.05) is 39.3 Å². The van der Waals surface area contributed by atoms with E-state index in [1.54, 1.807) is 11.3 Å². The molecule has 1 aliphatic rings. The average Bonchev–Trinajstić information content (AvgIpc) is 2.93. The molecule has 0 unspecified atom stereocenters. The van der Waals surface area contributed by atoms with E-state index < -0.39 is 0 Å². The second-order valence-corrected chi connectivity index (χ2v) is 8.14. The molecule has 142 valence electrons. The highest BCUT2D eigenvalue weighted by Crippen LogP contribution is 2.20. The van der Waals surface area contributed by atoms with E-state index >= 15 is 0 Å². The minimum Gasteiger partial charge on any atom is -0.357 e. The highest BCUT2D eigenvalue weighted by molar-refractivity contribution is 7.11. The fourth-order valence-electron chi connectivity index (χ4n) is 3.23. The maximum absolute atomic E-state index is 4.76. The van der Waals surface area contributed by atoms with Gasteiger partial charge >= 0.3 is 0 Å². The second kappa shape index (κ2) is 10.8. The summed E-state index contributed by atoms with van der Waals surface area (Å²) >= 11 is 1.80. The number of nitrogens with zero attached hydrogens (tertiary/aromatic N) is 3. The third kappa shape index (κ3) is 6.94. The number of rotatable bonds is 8. The number of thiazole rings is 1. The molecule has 25 heavy (non-hydrogen) atoms. The van der Waals surface area contributed by atoms with Crippen LogP contribution in [0.5, 0.6) is 0 Å². The van der Waals surface area contributed by atoms with Crippen molar-refractivity contribution in [1.29, 1.82) is 0 Å². The first-order valence-electron chi connectivity index (χ1n) is 9.79. The summed E-state index contributed by atoms with van der Waals surface area (Å²) in [5, 5.41) is 8.01. The second-order valence-electron chi connectivity index (χ2n) is 6.85. The zero-order valence-corrected chi connectivity index (χ0v) is 17.2. The van der Waals surface area contributed by atoms with Crippen LogP contribution in [0.15, 0.2) is 4.99 Å². The molecular weight excluding hydrogens is 330 g/mol. The number of guanidine groups is 1. The van der Waals surface area contributed by atoms with Crippen molar-refractivity contribution in [2.24, 2.45) is 10.9 Å². The third-order valence-corrected chi connectivity index (χ3v) is 6.14. The van der Waals surface area contributed by atoms with E-state index in [4.69, 9.17) is 4.99 Å². The number of aliphatic imine (C=N–C) groups is 1. The molecule has 6 heteroatoms. The molecule has 1 fully saturated rings. The molecule has 1 aromatic rings.